The van der Waals surface area contributed by atoms with Crippen LogP contribution in [0.4, 0.5) is 4.79 Å². The highest BCUT2D eigenvalue weighted by molar-refractivity contribution is 5.80. The number of carbonyl (C=O) groups excluding carboxylic acids is 1. The van der Waals surface area contributed by atoms with Crippen molar-refractivity contribution in [1.82, 2.24) is 9.80 Å². The Hall–Kier alpha value is -1.30. The Morgan fingerprint density at radius 3 is 2.60 bits per heavy atom. The summed E-state index contributed by atoms with van der Waals surface area (Å²) in [6.45, 7) is 3.28. The molecule has 6 nitrogen and oxygen atoms in total. The minimum atomic E-state index is -0.812. The van der Waals surface area contributed by atoms with E-state index in [4.69, 9.17) is 0 Å². The molecule has 2 amide bonds. The summed E-state index contributed by atoms with van der Waals surface area (Å²) in [5.74, 6) is -0.812. The standard InChI is InChI=1S/C14H24N2O4/c1-2-14(12(18)19)6-8-15(10-14)13(20)16-7-4-3-5-11(16)9-17/h11,17H,2-10H2,1H3,(H,18,19). The average Bonchev–Trinajstić information content (AvgIpc) is 2.92. The summed E-state index contributed by atoms with van der Waals surface area (Å²) in [6, 6.07) is -0.224. The molecule has 2 N–H and O–H groups in total. The zero-order chi connectivity index (χ0) is 14.8. The van der Waals surface area contributed by atoms with Crippen LogP contribution in [0.5, 0.6) is 0 Å². The third-order valence-corrected chi connectivity index (χ3v) is 4.84. The van der Waals surface area contributed by atoms with Crippen molar-refractivity contribution in [1.29, 1.82) is 0 Å². The fourth-order valence-corrected chi connectivity index (χ4v) is 3.27. The Bertz CT molecular complexity index is 387. The molecule has 0 aliphatic carbocycles. The van der Waals surface area contributed by atoms with Gasteiger partial charge in [0, 0.05) is 19.6 Å². The highest BCUT2D eigenvalue weighted by atomic mass is 16.4. The number of urea groups is 1. The maximum absolute atomic E-state index is 12.5. The molecule has 2 atom stereocenters. The number of aliphatic carboxylic acids is 1. The van der Waals surface area contributed by atoms with E-state index in [1.165, 1.54) is 0 Å². The largest absolute Gasteiger partial charge is 0.481 e. The third kappa shape index (κ3) is 2.61. The molecule has 0 aromatic rings. The highest BCUT2D eigenvalue weighted by Crippen LogP contribution is 2.35. The van der Waals surface area contributed by atoms with Gasteiger partial charge in [-0.1, -0.05) is 6.92 Å². The van der Waals surface area contributed by atoms with Crippen molar-refractivity contribution in [3.8, 4) is 0 Å². The van der Waals surface area contributed by atoms with Crippen LogP contribution in [0, 0.1) is 5.41 Å². The molecule has 20 heavy (non-hydrogen) atoms. The Morgan fingerprint density at radius 2 is 2.05 bits per heavy atom. The molecular formula is C14H24N2O4. The monoisotopic (exact) mass is 284 g/mol. The number of likely N-dealkylation sites (tertiary alicyclic amines) is 2. The summed E-state index contributed by atoms with van der Waals surface area (Å²) in [4.78, 5) is 27.3. The summed E-state index contributed by atoms with van der Waals surface area (Å²) in [6.07, 6.45) is 3.86. The Labute approximate surface area is 119 Å². The fraction of sp³-hybridized carbons (Fsp3) is 0.857. The van der Waals surface area contributed by atoms with E-state index in [9.17, 15) is 19.8 Å². The molecule has 2 aliphatic rings. The number of carboxylic acids is 1. The molecule has 2 unspecified atom stereocenters. The molecule has 2 fully saturated rings. The van der Waals surface area contributed by atoms with Crippen LogP contribution in [0.25, 0.3) is 0 Å². The average molecular weight is 284 g/mol. The van der Waals surface area contributed by atoms with E-state index in [2.05, 4.69) is 0 Å². The number of aliphatic hydroxyl groups is 1. The van der Waals surface area contributed by atoms with E-state index in [0.29, 0.717) is 25.9 Å². The van der Waals surface area contributed by atoms with Gasteiger partial charge >= 0.3 is 12.0 Å². The molecule has 2 rings (SSSR count). The lowest BCUT2D eigenvalue weighted by atomic mass is 9.84. The summed E-state index contributed by atoms with van der Waals surface area (Å²) in [5.41, 5.74) is -0.792. The van der Waals surface area contributed by atoms with E-state index in [0.717, 1.165) is 19.3 Å². The van der Waals surface area contributed by atoms with Crippen LogP contribution in [0.2, 0.25) is 0 Å². The topological polar surface area (TPSA) is 81.1 Å². The number of rotatable bonds is 3. The maximum atomic E-state index is 12.5. The number of aliphatic hydroxyl groups excluding tert-OH is 1. The molecular weight excluding hydrogens is 260 g/mol. The van der Waals surface area contributed by atoms with Crippen LogP contribution in [0.3, 0.4) is 0 Å². The SMILES string of the molecule is CCC1(C(=O)O)CCN(C(=O)N2CCCCC2CO)C1. The number of carboxylic acid groups (broad SMARTS) is 1. The number of hydrogen-bond donors (Lipinski definition) is 2. The summed E-state index contributed by atoms with van der Waals surface area (Å²) >= 11 is 0. The van der Waals surface area contributed by atoms with Gasteiger partial charge in [-0.25, -0.2) is 4.79 Å². The molecule has 0 aromatic carbocycles. The molecule has 2 heterocycles. The van der Waals surface area contributed by atoms with Gasteiger partial charge in [0.1, 0.15) is 0 Å². The lowest BCUT2D eigenvalue weighted by Crippen LogP contribution is -2.51. The second kappa shape index (κ2) is 5.99. The van der Waals surface area contributed by atoms with E-state index >= 15 is 0 Å². The molecule has 0 bridgehead atoms. The molecule has 6 heteroatoms. The molecule has 114 valence electrons. The number of amides is 2. The molecule has 0 spiro atoms. The normalized spacial score (nSPS) is 30.6. The van der Waals surface area contributed by atoms with Gasteiger partial charge in [-0.15, -0.1) is 0 Å². The van der Waals surface area contributed by atoms with Crippen molar-refractivity contribution >= 4 is 12.0 Å². The van der Waals surface area contributed by atoms with Gasteiger partial charge in [-0.05, 0) is 32.1 Å². The zero-order valence-corrected chi connectivity index (χ0v) is 12.0. The first-order chi connectivity index (χ1) is 9.54. The summed E-state index contributed by atoms with van der Waals surface area (Å²) < 4.78 is 0. The van der Waals surface area contributed by atoms with Gasteiger partial charge in [-0.3, -0.25) is 4.79 Å². The van der Waals surface area contributed by atoms with Gasteiger partial charge in [0.05, 0.1) is 18.1 Å². The van der Waals surface area contributed by atoms with Gasteiger partial charge in [-0.2, -0.15) is 0 Å². The van der Waals surface area contributed by atoms with E-state index in [1.54, 1.807) is 9.80 Å². The lowest BCUT2D eigenvalue weighted by molar-refractivity contribution is -0.148. The lowest BCUT2D eigenvalue weighted by Gasteiger charge is -2.37. The minimum Gasteiger partial charge on any atom is -0.481 e. The van der Waals surface area contributed by atoms with Crippen LogP contribution in [0.15, 0.2) is 0 Å². The first-order valence-electron chi connectivity index (χ1n) is 7.44. The van der Waals surface area contributed by atoms with Gasteiger partial charge in [0.25, 0.3) is 0 Å². The highest BCUT2D eigenvalue weighted by Gasteiger charge is 2.46. The van der Waals surface area contributed by atoms with Gasteiger partial charge in [0.15, 0.2) is 0 Å². The van der Waals surface area contributed by atoms with E-state index in [1.807, 2.05) is 6.92 Å². The smallest absolute Gasteiger partial charge is 0.320 e. The molecule has 0 radical (unpaired) electrons. The number of piperidine rings is 1. The van der Waals surface area contributed by atoms with Crippen molar-refractivity contribution in [3.63, 3.8) is 0 Å². The number of hydrogen-bond acceptors (Lipinski definition) is 3. The van der Waals surface area contributed by atoms with Crippen molar-refractivity contribution in [2.45, 2.75) is 45.1 Å². The van der Waals surface area contributed by atoms with Crippen molar-refractivity contribution in [2.24, 2.45) is 5.41 Å². The van der Waals surface area contributed by atoms with Crippen molar-refractivity contribution in [3.05, 3.63) is 0 Å². The van der Waals surface area contributed by atoms with Gasteiger partial charge < -0.3 is 20.0 Å². The molecule has 0 aromatic heterocycles. The van der Waals surface area contributed by atoms with Crippen molar-refractivity contribution in [2.75, 3.05) is 26.2 Å². The van der Waals surface area contributed by atoms with Crippen LogP contribution < -0.4 is 0 Å². The Morgan fingerprint density at radius 1 is 1.30 bits per heavy atom. The second-order valence-corrected chi connectivity index (χ2v) is 5.92. The van der Waals surface area contributed by atoms with Crippen molar-refractivity contribution < 1.29 is 19.8 Å². The van der Waals surface area contributed by atoms with E-state index < -0.39 is 11.4 Å². The maximum Gasteiger partial charge on any atom is 0.320 e. The summed E-state index contributed by atoms with van der Waals surface area (Å²) in [5, 5.41) is 18.8. The van der Waals surface area contributed by atoms with Crippen LogP contribution in [-0.4, -0.2) is 64.3 Å². The molecule has 2 saturated heterocycles. The number of carbonyl (C=O) groups is 2. The second-order valence-electron chi connectivity index (χ2n) is 5.92. The van der Waals surface area contributed by atoms with Crippen LogP contribution in [-0.2, 0) is 4.79 Å². The summed E-state index contributed by atoms with van der Waals surface area (Å²) in [7, 11) is 0. The Balaban J connectivity index is 2.05. The first-order valence-corrected chi connectivity index (χ1v) is 7.44. The predicted molar refractivity (Wildman–Crippen MR) is 73.4 cm³/mol. The number of nitrogens with zero attached hydrogens (tertiary/aromatic N) is 2. The Kier molecular flexibility index (Phi) is 4.52. The first kappa shape index (κ1) is 15.1. The minimum absolute atomic E-state index is 0.0164. The van der Waals surface area contributed by atoms with Crippen LogP contribution in [0.1, 0.15) is 39.0 Å². The molecule has 2 aliphatic heterocycles. The van der Waals surface area contributed by atoms with E-state index in [-0.39, 0.29) is 25.2 Å². The van der Waals surface area contributed by atoms with Gasteiger partial charge in [0.2, 0.25) is 0 Å². The zero-order valence-electron chi connectivity index (χ0n) is 12.0. The van der Waals surface area contributed by atoms with Crippen LogP contribution >= 0.6 is 0 Å². The molecule has 0 saturated carbocycles. The third-order valence-electron chi connectivity index (χ3n) is 4.84. The fourth-order valence-electron chi connectivity index (χ4n) is 3.27. The quantitative estimate of drug-likeness (QED) is 0.814. The predicted octanol–water partition coefficient (Wildman–Crippen LogP) is 1.14.